The molecule has 5 aromatic rings. The van der Waals surface area contributed by atoms with Crippen molar-refractivity contribution in [1.82, 2.24) is 9.97 Å². The number of hydrogen-bond acceptors (Lipinski definition) is 5. The van der Waals surface area contributed by atoms with Crippen molar-refractivity contribution in [2.45, 2.75) is 92.9 Å². The molecule has 0 aliphatic heterocycles. The Bertz CT molecular complexity index is 1510. The maximum atomic E-state index is 6.17. The monoisotopic (exact) mass is 542 g/mol. The summed E-state index contributed by atoms with van der Waals surface area (Å²) in [6.07, 6.45) is 2.18. The van der Waals surface area contributed by atoms with Gasteiger partial charge in [-0.05, 0) is 82.0 Å². The molecule has 39 heavy (non-hydrogen) atoms. The van der Waals surface area contributed by atoms with Crippen LogP contribution >= 0.6 is 11.3 Å². The van der Waals surface area contributed by atoms with Crippen LogP contribution in [0.2, 0.25) is 0 Å². The van der Waals surface area contributed by atoms with Gasteiger partial charge < -0.3 is 8.83 Å². The standard InChI is InChI=1S/C34H42N2O2S/c1-31(2,3)19-33(7,8)21-11-13-25-23(17-21)35-29(37-25)27-15-16-28(39-27)30-36-24-18-22(12-14-26(24)38-30)34(9,10)20-32(4,5)6/h11-18H,19-20H2,1-10H3. The van der Waals surface area contributed by atoms with Gasteiger partial charge in [-0.15, -0.1) is 11.3 Å². The summed E-state index contributed by atoms with van der Waals surface area (Å²) < 4.78 is 12.3. The van der Waals surface area contributed by atoms with Crippen LogP contribution < -0.4 is 0 Å². The van der Waals surface area contributed by atoms with Crippen LogP contribution in [0.15, 0.2) is 57.4 Å². The molecule has 0 bridgehead atoms. The molecule has 0 aliphatic carbocycles. The van der Waals surface area contributed by atoms with Gasteiger partial charge in [-0.1, -0.05) is 81.4 Å². The number of fused-ring (bicyclic) bond motifs is 2. The molecule has 0 amide bonds. The van der Waals surface area contributed by atoms with E-state index in [1.165, 1.54) is 11.1 Å². The fraction of sp³-hybridized carbons (Fsp3) is 0.471. The van der Waals surface area contributed by atoms with E-state index < -0.39 is 0 Å². The second-order valence-corrected chi connectivity index (χ2v) is 15.9. The van der Waals surface area contributed by atoms with Gasteiger partial charge in [0.2, 0.25) is 11.8 Å². The molecule has 3 heterocycles. The second kappa shape index (κ2) is 9.33. The number of benzene rings is 2. The predicted molar refractivity (Wildman–Crippen MR) is 165 cm³/mol. The molecule has 0 N–H and O–H groups in total. The molecule has 0 saturated carbocycles. The quantitative estimate of drug-likeness (QED) is 0.214. The van der Waals surface area contributed by atoms with Gasteiger partial charge >= 0.3 is 0 Å². The molecule has 206 valence electrons. The van der Waals surface area contributed by atoms with E-state index in [2.05, 4.69) is 106 Å². The SMILES string of the molecule is CC(C)(C)CC(C)(C)c1ccc2oc(-c3ccc(-c4nc5cc(C(C)(C)CC(C)(C)C)ccc5o4)s3)nc2c1. The Labute approximate surface area is 236 Å². The first-order valence-corrected chi connectivity index (χ1v) is 14.7. The summed E-state index contributed by atoms with van der Waals surface area (Å²) in [5, 5.41) is 0. The third-order valence-corrected chi connectivity index (χ3v) is 8.37. The summed E-state index contributed by atoms with van der Waals surface area (Å²) in [6, 6.07) is 16.9. The lowest BCUT2D eigenvalue weighted by Gasteiger charge is -2.33. The number of oxazole rings is 2. The first-order chi connectivity index (χ1) is 18.0. The van der Waals surface area contributed by atoms with Gasteiger partial charge in [0.25, 0.3) is 0 Å². The Morgan fingerprint density at radius 1 is 0.564 bits per heavy atom. The largest absolute Gasteiger partial charge is 0.435 e. The highest BCUT2D eigenvalue weighted by Crippen LogP contribution is 2.41. The molecule has 0 radical (unpaired) electrons. The summed E-state index contributed by atoms with van der Waals surface area (Å²) in [6.45, 7) is 23.0. The lowest BCUT2D eigenvalue weighted by molar-refractivity contribution is 0.284. The van der Waals surface area contributed by atoms with E-state index in [1.54, 1.807) is 11.3 Å². The highest BCUT2D eigenvalue weighted by atomic mass is 32.1. The highest BCUT2D eigenvalue weighted by Gasteiger charge is 2.29. The molecule has 0 unspecified atom stereocenters. The molecule has 0 saturated heterocycles. The van der Waals surface area contributed by atoms with Gasteiger partial charge in [-0.25, -0.2) is 9.97 Å². The van der Waals surface area contributed by atoms with Gasteiger partial charge in [0.05, 0.1) is 9.75 Å². The first-order valence-electron chi connectivity index (χ1n) is 13.9. The topological polar surface area (TPSA) is 52.1 Å². The lowest BCUT2D eigenvalue weighted by atomic mass is 9.72. The van der Waals surface area contributed by atoms with Crippen LogP contribution in [0.5, 0.6) is 0 Å². The van der Waals surface area contributed by atoms with Gasteiger partial charge in [-0.2, -0.15) is 0 Å². The number of rotatable bonds is 6. The van der Waals surface area contributed by atoms with Crippen molar-refractivity contribution in [3.8, 4) is 21.5 Å². The molecular formula is C34H42N2O2S. The van der Waals surface area contributed by atoms with Gasteiger partial charge in [-0.3, -0.25) is 0 Å². The van der Waals surface area contributed by atoms with Crippen LogP contribution in [0.25, 0.3) is 43.7 Å². The Morgan fingerprint density at radius 3 is 1.31 bits per heavy atom. The Kier molecular flexibility index (Phi) is 6.61. The Balaban J connectivity index is 1.42. The molecule has 0 aliphatic rings. The zero-order chi connectivity index (χ0) is 28.4. The zero-order valence-corrected chi connectivity index (χ0v) is 26.0. The summed E-state index contributed by atoms with van der Waals surface area (Å²) in [5.41, 5.74) is 6.57. The maximum absolute atomic E-state index is 6.17. The van der Waals surface area contributed by atoms with Crippen molar-refractivity contribution < 1.29 is 8.83 Å². The molecule has 2 aromatic carbocycles. The molecule has 5 heteroatoms. The number of nitrogens with zero attached hydrogens (tertiary/aromatic N) is 2. The summed E-state index contributed by atoms with van der Waals surface area (Å²) in [5.74, 6) is 1.27. The van der Waals surface area contributed by atoms with Crippen LogP contribution in [-0.2, 0) is 10.8 Å². The highest BCUT2D eigenvalue weighted by molar-refractivity contribution is 7.18. The van der Waals surface area contributed by atoms with Crippen molar-refractivity contribution in [2.24, 2.45) is 10.8 Å². The van der Waals surface area contributed by atoms with E-state index in [-0.39, 0.29) is 21.7 Å². The summed E-state index contributed by atoms with van der Waals surface area (Å²) in [4.78, 5) is 11.7. The third kappa shape index (κ3) is 5.99. The summed E-state index contributed by atoms with van der Waals surface area (Å²) >= 11 is 1.59. The number of thiophene rings is 1. The van der Waals surface area contributed by atoms with Gasteiger partial charge in [0.1, 0.15) is 11.0 Å². The second-order valence-electron chi connectivity index (χ2n) is 14.8. The normalized spacial score (nSPS) is 13.6. The van der Waals surface area contributed by atoms with E-state index in [1.807, 2.05) is 12.1 Å². The van der Waals surface area contributed by atoms with Crippen LogP contribution in [0.4, 0.5) is 0 Å². The fourth-order valence-electron chi connectivity index (χ4n) is 6.33. The van der Waals surface area contributed by atoms with Crippen molar-refractivity contribution in [1.29, 1.82) is 0 Å². The Morgan fingerprint density at radius 2 is 0.949 bits per heavy atom. The maximum Gasteiger partial charge on any atom is 0.237 e. The molecule has 3 aromatic heterocycles. The number of hydrogen-bond donors (Lipinski definition) is 0. The van der Waals surface area contributed by atoms with E-state index in [0.717, 1.165) is 44.8 Å². The van der Waals surface area contributed by atoms with Gasteiger partial charge in [0.15, 0.2) is 11.2 Å². The van der Waals surface area contributed by atoms with Crippen molar-refractivity contribution in [3.63, 3.8) is 0 Å². The molecule has 4 nitrogen and oxygen atoms in total. The minimum atomic E-state index is 0.0520. The lowest BCUT2D eigenvalue weighted by Crippen LogP contribution is -2.24. The zero-order valence-electron chi connectivity index (χ0n) is 25.2. The van der Waals surface area contributed by atoms with Crippen LogP contribution in [-0.4, -0.2) is 9.97 Å². The fourth-order valence-corrected chi connectivity index (χ4v) is 7.19. The molecule has 0 fully saturated rings. The molecule has 0 atom stereocenters. The number of aromatic nitrogens is 2. The van der Waals surface area contributed by atoms with E-state index in [4.69, 9.17) is 18.8 Å². The predicted octanol–water partition coefficient (Wildman–Crippen LogP) is 10.8. The minimum absolute atomic E-state index is 0.0520. The van der Waals surface area contributed by atoms with Crippen LogP contribution in [0, 0.1) is 10.8 Å². The summed E-state index contributed by atoms with van der Waals surface area (Å²) in [7, 11) is 0. The van der Waals surface area contributed by atoms with Crippen molar-refractivity contribution in [3.05, 3.63) is 59.7 Å². The first kappa shape index (κ1) is 27.6. The van der Waals surface area contributed by atoms with Crippen LogP contribution in [0.3, 0.4) is 0 Å². The molecular weight excluding hydrogens is 500 g/mol. The average Bonchev–Trinajstić information content (AvgIpc) is 3.51. The van der Waals surface area contributed by atoms with Gasteiger partial charge in [0, 0.05) is 0 Å². The van der Waals surface area contributed by atoms with Crippen molar-refractivity contribution >= 4 is 33.5 Å². The van der Waals surface area contributed by atoms with Crippen LogP contribution in [0.1, 0.15) is 93.2 Å². The minimum Gasteiger partial charge on any atom is -0.435 e. The smallest absolute Gasteiger partial charge is 0.237 e. The van der Waals surface area contributed by atoms with E-state index >= 15 is 0 Å². The van der Waals surface area contributed by atoms with E-state index in [0.29, 0.717) is 11.8 Å². The Hall–Kier alpha value is -2.92. The molecule has 0 spiro atoms. The van der Waals surface area contributed by atoms with E-state index in [9.17, 15) is 0 Å². The van der Waals surface area contributed by atoms with Crippen molar-refractivity contribution in [2.75, 3.05) is 0 Å². The third-order valence-electron chi connectivity index (χ3n) is 7.31. The molecule has 5 rings (SSSR count). The average molecular weight is 543 g/mol.